The van der Waals surface area contributed by atoms with E-state index >= 15 is 0 Å². The first kappa shape index (κ1) is 17.0. The molecule has 1 fully saturated rings. The third-order valence-electron chi connectivity index (χ3n) is 4.61. The molecule has 1 aromatic heterocycles. The molecule has 3 rings (SSSR count). The maximum Gasteiger partial charge on any atom is 0.230 e. The smallest absolute Gasteiger partial charge is 0.230 e. The van der Waals surface area contributed by atoms with E-state index in [9.17, 15) is 4.79 Å². The molecule has 1 heterocycles. The molecule has 1 saturated carbocycles. The van der Waals surface area contributed by atoms with Gasteiger partial charge in [0.25, 0.3) is 0 Å². The Balaban J connectivity index is 1.63. The molecule has 0 radical (unpaired) electrons. The Morgan fingerprint density at radius 1 is 1.25 bits per heavy atom. The van der Waals surface area contributed by atoms with Gasteiger partial charge in [-0.25, -0.2) is 9.97 Å². The van der Waals surface area contributed by atoms with Gasteiger partial charge in [-0.1, -0.05) is 43.7 Å². The van der Waals surface area contributed by atoms with E-state index in [2.05, 4.69) is 27.5 Å². The number of para-hydroxylation sites is 1. The number of benzene rings is 1. The highest BCUT2D eigenvalue weighted by Gasteiger charge is 2.22. The first-order chi connectivity index (χ1) is 11.7. The molecule has 6 heteroatoms. The summed E-state index contributed by atoms with van der Waals surface area (Å²) < 4.78 is 0. The van der Waals surface area contributed by atoms with Gasteiger partial charge in [0, 0.05) is 18.5 Å². The molecule has 0 aliphatic heterocycles. The van der Waals surface area contributed by atoms with Crippen LogP contribution in [0, 0.1) is 5.92 Å². The lowest BCUT2D eigenvalue weighted by atomic mass is 9.86. The highest BCUT2D eigenvalue weighted by atomic mass is 32.2. The third kappa shape index (κ3) is 3.98. The van der Waals surface area contributed by atoms with Gasteiger partial charge in [0.05, 0.1) is 11.3 Å². The number of nitrogens with one attached hydrogen (secondary N) is 2. The Morgan fingerprint density at radius 3 is 2.83 bits per heavy atom. The molecular weight excluding hydrogens is 320 g/mol. The van der Waals surface area contributed by atoms with Gasteiger partial charge < -0.3 is 10.6 Å². The summed E-state index contributed by atoms with van der Waals surface area (Å²) in [6.07, 6.45) is 4.78. The lowest BCUT2D eigenvalue weighted by Crippen LogP contribution is -2.41. The van der Waals surface area contributed by atoms with Crippen LogP contribution in [-0.4, -0.2) is 34.7 Å². The standard InChI is InChI=1S/C18H24N4OS/c1-12-7-3-5-9-14(12)20-16(23)11-24-18-21-15-10-6-4-8-13(15)17(19-2)22-18/h4,6,8,10,12,14H,3,5,7,9,11H2,1-2H3,(H,20,23)(H,19,21,22). The molecule has 1 aromatic carbocycles. The number of nitrogens with zero attached hydrogens (tertiary/aromatic N) is 2. The van der Waals surface area contributed by atoms with E-state index < -0.39 is 0 Å². The molecule has 2 N–H and O–H groups in total. The molecule has 1 aliphatic rings. The lowest BCUT2D eigenvalue weighted by Gasteiger charge is -2.29. The number of carbonyl (C=O) groups excluding carboxylic acids is 1. The molecule has 5 nitrogen and oxygen atoms in total. The summed E-state index contributed by atoms with van der Waals surface area (Å²) in [6.45, 7) is 2.23. The first-order valence-corrected chi connectivity index (χ1v) is 9.52. The van der Waals surface area contributed by atoms with Crippen molar-refractivity contribution in [3.05, 3.63) is 24.3 Å². The molecular formula is C18H24N4OS. The van der Waals surface area contributed by atoms with Gasteiger partial charge in [0.2, 0.25) is 5.91 Å². The zero-order valence-electron chi connectivity index (χ0n) is 14.2. The number of amides is 1. The SMILES string of the molecule is CNc1nc(SCC(=O)NC2CCCCC2C)nc2ccccc12. The van der Waals surface area contributed by atoms with Crippen molar-refractivity contribution < 1.29 is 4.79 Å². The summed E-state index contributed by atoms with van der Waals surface area (Å²) in [6, 6.07) is 8.20. The Morgan fingerprint density at radius 2 is 2.04 bits per heavy atom. The average molecular weight is 344 g/mol. The van der Waals surface area contributed by atoms with E-state index in [0.29, 0.717) is 22.9 Å². The van der Waals surface area contributed by atoms with Crippen molar-refractivity contribution in [3.63, 3.8) is 0 Å². The minimum absolute atomic E-state index is 0.0708. The largest absolute Gasteiger partial charge is 0.372 e. The van der Waals surface area contributed by atoms with Crippen molar-refractivity contribution in [2.24, 2.45) is 5.92 Å². The molecule has 0 saturated heterocycles. The summed E-state index contributed by atoms with van der Waals surface area (Å²) >= 11 is 1.39. The Hall–Kier alpha value is -1.82. The quantitative estimate of drug-likeness (QED) is 0.642. The molecule has 2 unspecified atom stereocenters. The number of hydrogen-bond acceptors (Lipinski definition) is 5. The first-order valence-electron chi connectivity index (χ1n) is 8.54. The van der Waals surface area contributed by atoms with Crippen molar-refractivity contribution in [3.8, 4) is 0 Å². The van der Waals surface area contributed by atoms with Gasteiger partial charge in [0.15, 0.2) is 5.16 Å². The second-order valence-corrected chi connectivity index (χ2v) is 7.29. The van der Waals surface area contributed by atoms with Crippen molar-refractivity contribution in [2.75, 3.05) is 18.1 Å². The van der Waals surface area contributed by atoms with Crippen LogP contribution in [0.15, 0.2) is 29.4 Å². The van der Waals surface area contributed by atoms with Gasteiger partial charge in [-0.05, 0) is 30.9 Å². The van der Waals surface area contributed by atoms with Crippen LogP contribution in [0.4, 0.5) is 5.82 Å². The number of anilines is 1. The normalized spacial score (nSPS) is 20.8. The van der Waals surface area contributed by atoms with Crippen LogP contribution in [0.3, 0.4) is 0 Å². The monoisotopic (exact) mass is 344 g/mol. The number of rotatable bonds is 5. The maximum atomic E-state index is 12.2. The molecule has 1 amide bonds. The van der Waals surface area contributed by atoms with Crippen LogP contribution in [-0.2, 0) is 4.79 Å². The Bertz CT molecular complexity index is 721. The van der Waals surface area contributed by atoms with E-state index in [0.717, 1.165) is 23.1 Å². The molecule has 1 aliphatic carbocycles. The predicted molar refractivity (Wildman–Crippen MR) is 99.4 cm³/mol. The van der Waals surface area contributed by atoms with E-state index in [1.807, 2.05) is 31.3 Å². The van der Waals surface area contributed by atoms with Crippen molar-refractivity contribution in [1.82, 2.24) is 15.3 Å². The predicted octanol–water partition coefficient (Wildman–Crippen LogP) is 3.46. The van der Waals surface area contributed by atoms with Gasteiger partial charge in [-0.3, -0.25) is 4.79 Å². The zero-order valence-corrected chi connectivity index (χ0v) is 15.0. The number of hydrogen-bond donors (Lipinski definition) is 2. The van der Waals surface area contributed by atoms with Gasteiger partial charge in [-0.15, -0.1) is 0 Å². The second-order valence-electron chi connectivity index (χ2n) is 6.35. The van der Waals surface area contributed by atoms with Gasteiger partial charge in [0.1, 0.15) is 5.82 Å². The van der Waals surface area contributed by atoms with Crippen molar-refractivity contribution in [1.29, 1.82) is 0 Å². The van der Waals surface area contributed by atoms with Crippen LogP contribution < -0.4 is 10.6 Å². The fourth-order valence-electron chi connectivity index (χ4n) is 3.22. The molecule has 128 valence electrons. The zero-order chi connectivity index (χ0) is 16.9. The van der Waals surface area contributed by atoms with Gasteiger partial charge >= 0.3 is 0 Å². The Labute approximate surface area is 147 Å². The summed E-state index contributed by atoms with van der Waals surface area (Å²) in [4.78, 5) is 21.3. The Kier molecular flexibility index (Phi) is 5.56. The fraction of sp³-hybridized carbons (Fsp3) is 0.500. The molecule has 24 heavy (non-hydrogen) atoms. The number of fused-ring (bicyclic) bond motifs is 1. The third-order valence-corrected chi connectivity index (χ3v) is 5.46. The summed E-state index contributed by atoms with van der Waals surface area (Å²) in [5, 5.41) is 7.90. The molecule has 2 aromatic rings. The average Bonchev–Trinajstić information content (AvgIpc) is 2.61. The van der Waals surface area contributed by atoms with Crippen LogP contribution in [0.25, 0.3) is 10.9 Å². The summed E-state index contributed by atoms with van der Waals surface area (Å²) in [7, 11) is 1.85. The summed E-state index contributed by atoms with van der Waals surface area (Å²) in [5.41, 5.74) is 0.890. The molecule has 2 atom stereocenters. The van der Waals surface area contributed by atoms with E-state index in [-0.39, 0.29) is 5.91 Å². The van der Waals surface area contributed by atoms with Crippen LogP contribution >= 0.6 is 11.8 Å². The molecule has 0 spiro atoms. The number of carbonyl (C=O) groups is 1. The fourth-order valence-corrected chi connectivity index (χ4v) is 3.88. The highest BCUT2D eigenvalue weighted by molar-refractivity contribution is 7.99. The van der Waals surface area contributed by atoms with Gasteiger partial charge in [-0.2, -0.15) is 0 Å². The second kappa shape index (κ2) is 7.83. The molecule has 0 bridgehead atoms. The minimum atomic E-state index is 0.0708. The number of aromatic nitrogens is 2. The topological polar surface area (TPSA) is 66.9 Å². The minimum Gasteiger partial charge on any atom is -0.372 e. The van der Waals surface area contributed by atoms with E-state index in [1.54, 1.807) is 0 Å². The maximum absolute atomic E-state index is 12.2. The van der Waals surface area contributed by atoms with Crippen LogP contribution in [0.5, 0.6) is 0 Å². The van der Waals surface area contributed by atoms with Crippen molar-refractivity contribution in [2.45, 2.75) is 43.8 Å². The van der Waals surface area contributed by atoms with Crippen LogP contribution in [0.1, 0.15) is 32.6 Å². The van der Waals surface area contributed by atoms with Crippen molar-refractivity contribution >= 4 is 34.4 Å². The highest BCUT2D eigenvalue weighted by Crippen LogP contribution is 2.25. The van der Waals surface area contributed by atoms with E-state index in [4.69, 9.17) is 0 Å². The van der Waals surface area contributed by atoms with E-state index in [1.165, 1.54) is 31.0 Å². The van der Waals surface area contributed by atoms with Crippen LogP contribution in [0.2, 0.25) is 0 Å². The lowest BCUT2D eigenvalue weighted by molar-refractivity contribution is -0.119. The summed E-state index contributed by atoms with van der Waals surface area (Å²) in [5.74, 6) is 1.79. The number of thioether (sulfide) groups is 1.